The van der Waals surface area contributed by atoms with Gasteiger partial charge >= 0.3 is 5.97 Å². The number of carbonyl (C=O) groups excluding carboxylic acids is 2. The van der Waals surface area contributed by atoms with Crippen molar-refractivity contribution in [2.75, 3.05) is 11.9 Å². The van der Waals surface area contributed by atoms with E-state index in [4.69, 9.17) is 16.4 Å². The van der Waals surface area contributed by atoms with Gasteiger partial charge in [0.2, 0.25) is 0 Å². The van der Waals surface area contributed by atoms with Crippen LogP contribution in [0.5, 0.6) is 0 Å². The number of hydrogen-bond acceptors (Lipinski definition) is 4. The van der Waals surface area contributed by atoms with Gasteiger partial charge in [-0.2, -0.15) is 0 Å². The zero-order valence-electron chi connectivity index (χ0n) is 11.6. The number of likely N-dealkylation sites (N-methyl/N-ethyl adjacent to an activating group) is 1. The van der Waals surface area contributed by atoms with Crippen molar-refractivity contribution in [1.29, 1.82) is 0 Å². The van der Waals surface area contributed by atoms with Gasteiger partial charge in [-0.05, 0) is 30.3 Å². The zero-order chi connectivity index (χ0) is 15.7. The molecule has 0 aromatic heterocycles. The van der Waals surface area contributed by atoms with Crippen molar-refractivity contribution >= 4 is 34.9 Å². The number of halogens is 1. The second kappa shape index (κ2) is 5.61. The Morgan fingerprint density at radius 3 is 2.55 bits per heavy atom. The number of rotatable bonds is 2. The summed E-state index contributed by atoms with van der Waals surface area (Å²) in [6.45, 7) is 0. The second-order valence-corrected chi connectivity index (χ2v) is 5.14. The maximum atomic E-state index is 12.1. The van der Waals surface area contributed by atoms with Crippen molar-refractivity contribution in [3.63, 3.8) is 0 Å². The molecule has 0 radical (unpaired) electrons. The van der Waals surface area contributed by atoms with Crippen molar-refractivity contribution in [3.8, 4) is 0 Å². The Labute approximate surface area is 131 Å². The van der Waals surface area contributed by atoms with Crippen molar-refractivity contribution in [2.45, 2.75) is 0 Å². The minimum absolute atomic E-state index is 0.111. The molecule has 2 aromatic carbocycles. The van der Waals surface area contributed by atoms with E-state index in [-0.39, 0.29) is 11.6 Å². The van der Waals surface area contributed by atoms with Gasteiger partial charge in [-0.1, -0.05) is 35.0 Å². The summed E-state index contributed by atoms with van der Waals surface area (Å²) in [7, 11) is 1.64. The number of hydrogen-bond donors (Lipinski definition) is 0. The molecule has 2 aromatic rings. The molecule has 3 rings (SSSR count). The number of fused-ring (bicyclic) bond motifs is 1. The lowest BCUT2D eigenvalue weighted by Gasteiger charge is -2.07. The van der Waals surface area contributed by atoms with Crippen LogP contribution in [0.4, 0.5) is 5.69 Å². The largest absolute Gasteiger partial charge is 0.365 e. The molecule has 0 aliphatic carbocycles. The molecule has 1 amide bonds. The number of carbonyl (C=O) groups is 2. The van der Waals surface area contributed by atoms with Gasteiger partial charge in [-0.25, -0.2) is 4.79 Å². The van der Waals surface area contributed by atoms with Crippen molar-refractivity contribution < 1.29 is 14.4 Å². The van der Waals surface area contributed by atoms with E-state index < -0.39 is 5.97 Å². The minimum atomic E-state index is -0.649. The van der Waals surface area contributed by atoms with Crippen LogP contribution in [0.2, 0.25) is 5.02 Å². The molecule has 5 nitrogen and oxygen atoms in total. The van der Waals surface area contributed by atoms with Gasteiger partial charge in [-0.3, -0.25) is 4.79 Å². The predicted molar refractivity (Wildman–Crippen MR) is 83.3 cm³/mol. The van der Waals surface area contributed by atoms with E-state index in [0.717, 1.165) is 5.69 Å². The molecule has 0 unspecified atom stereocenters. The number of para-hydroxylation sites is 1. The highest BCUT2D eigenvalue weighted by atomic mass is 35.5. The van der Waals surface area contributed by atoms with Gasteiger partial charge in [0.05, 0.1) is 11.3 Å². The highest BCUT2D eigenvalue weighted by molar-refractivity contribution is 6.54. The van der Waals surface area contributed by atoms with Crippen LogP contribution in [0, 0.1) is 0 Å². The summed E-state index contributed by atoms with van der Waals surface area (Å²) in [6, 6.07) is 13.4. The van der Waals surface area contributed by atoms with E-state index in [9.17, 15) is 9.59 Å². The van der Waals surface area contributed by atoms with Crippen LogP contribution in [0.25, 0.3) is 0 Å². The average molecular weight is 315 g/mol. The fourth-order valence-corrected chi connectivity index (χ4v) is 2.29. The molecule has 6 heteroatoms. The average Bonchev–Trinajstić information content (AvgIpc) is 2.78. The molecule has 110 valence electrons. The maximum Gasteiger partial charge on any atom is 0.365 e. The molecule has 0 saturated heterocycles. The second-order valence-electron chi connectivity index (χ2n) is 4.71. The molecule has 1 aliphatic rings. The molecule has 0 spiro atoms. The normalized spacial score (nSPS) is 15.1. The summed E-state index contributed by atoms with van der Waals surface area (Å²) in [5, 5.41) is 4.26. The van der Waals surface area contributed by atoms with E-state index >= 15 is 0 Å². The summed E-state index contributed by atoms with van der Waals surface area (Å²) < 4.78 is 0. The highest BCUT2D eigenvalue weighted by Crippen LogP contribution is 2.27. The Kier molecular flexibility index (Phi) is 3.65. The zero-order valence-corrected chi connectivity index (χ0v) is 12.4. The number of benzene rings is 2. The first-order valence-electron chi connectivity index (χ1n) is 6.50. The predicted octanol–water partition coefficient (Wildman–Crippen LogP) is 2.88. The fraction of sp³-hybridized carbons (Fsp3) is 0.0625. The molecule has 0 fully saturated rings. The van der Waals surface area contributed by atoms with Gasteiger partial charge < -0.3 is 9.74 Å². The molecule has 1 aliphatic heterocycles. The molecule has 0 N–H and O–H groups in total. The van der Waals surface area contributed by atoms with Gasteiger partial charge in [0.15, 0.2) is 5.71 Å². The van der Waals surface area contributed by atoms with Gasteiger partial charge in [-0.15, -0.1) is 0 Å². The van der Waals surface area contributed by atoms with E-state index in [1.807, 2.05) is 6.07 Å². The number of nitrogens with zero attached hydrogens (tertiary/aromatic N) is 2. The monoisotopic (exact) mass is 314 g/mol. The highest BCUT2D eigenvalue weighted by Gasteiger charge is 2.32. The van der Waals surface area contributed by atoms with Gasteiger partial charge in [0.1, 0.15) is 0 Å². The lowest BCUT2D eigenvalue weighted by Crippen LogP contribution is -2.25. The van der Waals surface area contributed by atoms with E-state index in [1.165, 1.54) is 17.0 Å². The number of anilines is 1. The molecule has 0 saturated carbocycles. The van der Waals surface area contributed by atoms with Crippen molar-refractivity contribution in [3.05, 3.63) is 64.7 Å². The third kappa shape index (κ3) is 2.46. The summed E-state index contributed by atoms with van der Waals surface area (Å²) in [5.74, 6) is -0.964. The topological polar surface area (TPSA) is 59.0 Å². The molecule has 0 bridgehead atoms. The van der Waals surface area contributed by atoms with Crippen LogP contribution in [-0.4, -0.2) is 24.6 Å². The molecular weight excluding hydrogens is 304 g/mol. The summed E-state index contributed by atoms with van der Waals surface area (Å²) in [6.07, 6.45) is 0. The van der Waals surface area contributed by atoms with Gasteiger partial charge in [0, 0.05) is 17.6 Å². The Morgan fingerprint density at radius 2 is 1.82 bits per heavy atom. The Bertz CT molecular complexity index is 784. The standard InChI is InChI=1S/C16H11ClN2O3/c1-19-13-5-3-2-4-12(13)14(15(19)20)18-22-16(21)10-6-8-11(17)9-7-10/h2-9H,1H3. The number of amides is 1. The quantitative estimate of drug-likeness (QED) is 0.632. The van der Waals surface area contributed by atoms with Crippen LogP contribution in [-0.2, 0) is 9.63 Å². The first-order valence-corrected chi connectivity index (χ1v) is 6.88. The van der Waals surface area contributed by atoms with Crippen LogP contribution >= 0.6 is 11.6 Å². The maximum absolute atomic E-state index is 12.1. The Balaban J connectivity index is 1.85. The van der Waals surface area contributed by atoms with Crippen LogP contribution in [0.15, 0.2) is 53.7 Å². The van der Waals surface area contributed by atoms with Crippen LogP contribution in [0.1, 0.15) is 15.9 Å². The minimum Gasteiger partial charge on any atom is -0.312 e. The third-order valence-electron chi connectivity index (χ3n) is 3.33. The first kappa shape index (κ1) is 14.3. The Hall–Kier alpha value is -2.66. The van der Waals surface area contributed by atoms with Crippen molar-refractivity contribution in [2.24, 2.45) is 5.16 Å². The molecule has 1 heterocycles. The lowest BCUT2D eigenvalue weighted by molar-refractivity contribution is -0.112. The first-order chi connectivity index (χ1) is 10.6. The van der Waals surface area contributed by atoms with E-state index in [1.54, 1.807) is 37.4 Å². The summed E-state index contributed by atoms with van der Waals surface area (Å²) in [5.41, 5.74) is 1.79. The van der Waals surface area contributed by atoms with Crippen LogP contribution < -0.4 is 4.90 Å². The SMILES string of the molecule is CN1C(=O)C(=NOC(=O)c2ccc(Cl)cc2)c2ccccc21. The molecule has 0 atom stereocenters. The molecular formula is C16H11ClN2O3. The van der Waals surface area contributed by atoms with E-state index in [2.05, 4.69) is 5.16 Å². The summed E-state index contributed by atoms with van der Waals surface area (Å²) in [4.78, 5) is 30.4. The third-order valence-corrected chi connectivity index (χ3v) is 3.58. The fourth-order valence-electron chi connectivity index (χ4n) is 2.16. The number of oxime groups is 1. The molecule has 22 heavy (non-hydrogen) atoms. The lowest BCUT2D eigenvalue weighted by atomic mass is 10.1. The van der Waals surface area contributed by atoms with Crippen molar-refractivity contribution in [1.82, 2.24) is 0 Å². The Morgan fingerprint density at radius 1 is 1.14 bits per heavy atom. The van der Waals surface area contributed by atoms with Crippen LogP contribution in [0.3, 0.4) is 0 Å². The van der Waals surface area contributed by atoms with Gasteiger partial charge in [0.25, 0.3) is 5.91 Å². The summed E-state index contributed by atoms with van der Waals surface area (Å²) >= 11 is 5.76. The van der Waals surface area contributed by atoms with E-state index in [0.29, 0.717) is 16.1 Å². The smallest absolute Gasteiger partial charge is 0.312 e.